The number of ether oxygens (including phenoxy) is 1. The van der Waals surface area contributed by atoms with Gasteiger partial charge in [0.25, 0.3) is 0 Å². The van der Waals surface area contributed by atoms with Crippen molar-refractivity contribution in [3.63, 3.8) is 0 Å². The second kappa shape index (κ2) is 7.60. The second-order valence-corrected chi connectivity index (χ2v) is 6.50. The maximum atomic E-state index is 10.6. The van der Waals surface area contributed by atoms with Crippen LogP contribution in [0, 0.1) is 0 Å². The number of fused-ring (bicyclic) bond motifs is 1. The molecule has 0 amide bonds. The van der Waals surface area contributed by atoms with Gasteiger partial charge in [-0.1, -0.05) is 0 Å². The van der Waals surface area contributed by atoms with Gasteiger partial charge in [-0.3, -0.25) is 4.57 Å². The van der Waals surface area contributed by atoms with E-state index >= 15 is 0 Å². The lowest BCUT2D eigenvalue weighted by Gasteiger charge is -2.19. The predicted octanol–water partition coefficient (Wildman–Crippen LogP) is -1.95. The molecule has 3 heterocycles. The smallest absolute Gasteiger partial charge is 0.167 e. The highest BCUT2D eigenvalue weighted by Gasteiger charge is 2.44. The number of carbonyl (C=O) groups excluding carboxylic acids is 1. The fraction of sp³-hybridized carbons (Fsp3) is 0.600. The molecular weight excluding hydrogens is 342 g/mol. The lowest BCUT2D eigenvalue weighted by Crippen LogP contribution is -2.36. The van der Waals surface area contributed by atoms with E-state index in [1.165, 1.54) is 17.2 Å². The molecule has 26 heavy (non-hydrogen) atoms. The molecule has 2 aromatic heterocycles. The highest BCUT2D eigenvalue weighted by atomic mass is 16.6. The minimum absolute atomic E-state index is 0.215. The van der Waals surface area contributed by atoms with Crippen molar-refractivity contribution in [2.45, 2.75) is 55.9 Å². The van der Waals surface area contributed by atoms with Crippen LogP contribution in [-0.4, -0.2) is 66.4 Å². The lowest BCUT2D eigenvalue weighted by molar-refractivity contribution is -0.109. The number of nitrogens with two attached hydrogens (primary N) is 3. The number of hydrogen-bond donors (Lipinski definition) is 5. The van der Waals surface area contributed by atoms with Crippen molar-refractivity contribution in [1.82, 2.24) is 19.5 Å². The normalized spacial score (nSPS) is 28.3. The maximum Gasteiger partial charge on any atom is 0.167 e. The van der Waals surface area contributed by atoms with Crippen LogP contribution in [0.3, 0.4) is 0 Å². The summed E-state index contributed by atoms with van der Waals surface area (Å²) in [7, 11) is 0. The van der Waals surface area contributed by atoms with Gasteiger partial charge in [-0.2, -0.15) is 0 Å². The molecule has 3 rings (SSSR count). The Hall–Kier alpha value is -2.18. The van der Waals surface area contributed by atoms with E-state index in [9.17, 15) is 15.0 Å². The number of rotatable bonds is 7. The minimum atomic E-state index is -1.18. The van der Waals surface area contributed by atoms with E-state index in [2.05, 4.69) is 15.0 Å². The van der Waals surface area contributed by atoms with Crippen LogP contribution in [0.1, 0.15) is 25.5 Å². The summed E-state index contributed by atoms with van der Waals surface area (Å²) in [6, 6.07) is -0.889. The first-order valence-electron chi connectivity index (χ1n) is 8.33. The zero-order valence-electron chi connectivity index (χ0n) is 14.0. The molecule has 0 spiro atoms. The first-order chi connectivity index (χ1) is 12.4. The van der Waals surface area contributed by atoms with Crippen LogP contribution in [-0.2, 0) is 9.53 Å². The molecule has 1 aliphatic rings. The standard InChI is InChI=1S/C15H23N7O4/c16-7(1-2-8(17)4-23)3-9-11(24)12(25)15(26-9)22-6-21-10-13(18)19-5-20-14(10)22/h4-9,11-12,15,24-25H,1-3,16-17H2,(H2,18,19,20). The van der Waals surface area contributed by atoms with Gasteiger partial charge in [0.15, 0.2) is 17.7 Å². The summed E-state index contributed by atoms with van der Waals surface area (Å²) in [5, 5.41) is 20.7. The molecule has 0 bridgehead atoms. The first-order valence-corrected chi connectivity index (χ1v) is 8.33. The summed E-state index contributed by atoms with van der Waals surface area (Å²) < 4.78 is 7.33. The number of aliphatic hydroxyl groups is 2. The Morgan fingerprint density at radius 2 is 2.00 bits per heavy atom. The summed E-state index contributed by atoms with van der Waals surface area (Å²) in [4.78, 5) is 22.7. The molecule has 0 saturated carbocycles. The van der Waals surface area contributed by atoms with Crippen molar-refractivity contribution in [2.75, 3.05) is 5.73 Å². The number of aliphatic hydroxyl groups excluding tert-OH is 2. The number of anilines is 1. The highest BCUT2D eigenvalue weighted by Crippen LogP contribution is 2.33. The minimum Gasteiger partial charge on any atom is -0.388 e. The topological polar surface area (TPSA) is 188 Å². The molecule has 0 aliphatic carbocycles. The van der Waals surface area contributed by atoms with Crippen molar-refractivity contribution in [2.24, 2.45) is 11.5 Å². The molecule has 0 radical (unpaired) electrons. The molecule has 1 saturated heterocycles. The lowest BCUT2D eigenvalue weighted by atomic mass is 9.99. The average Bonchev–Trinajstić information content (AvgIpc) is 3.17. The molecule has 1 aliphatic heterocycles. The number of nitrogens with zero attached hydrogens (tertiary/aromatic N) is 4. The predicted molar refractivity (Wildman–Crippen MR) is 91.5 cm³/mol. The third-order valence-corrected chi connectivity index (χ3v) is 4.58. The van der Waals surface area contributed by atoms with Crippen molar-refractivity contribution in [3.05, 3.63) is 12.7 Å². The highest BCUT2D eigenvalue weighted by molar-refractivity contribution is 5.81. The van der Waals surface area contributed by atoms with E-state index in [1.54, 1.807) is 0 Å². The molecule has 1 fully saturated rings. The number of imidazole rings is 1. The molecule has 0 aromatic carbocycles. The van der Waals surface area contributed by atoms with Crippen LogP contribution >= 0.6 is 0 Å². The van der Waals surface area contributed by atoms with Gasteiger partial charge in [-0.05, 0) is 19.3 Å². The number of aldehydes is 1. The van der Waals surface area contributed by atoms with Crippen LogP contribution < -0.4 is 17.2 Å². The Morgan fingerprint density at radius 1 is 1.23 bits per heavy atom. The number of nitrogen functional groups attached to an aromatic ring is 1. The van der Waals surface area contributed by atoms with E-state index in [0.29, 0.717) is 36.7 Å². The Kier molecular flexibility index (Phi) is 5.44. The zero-order valence-corrected chi connectivity index (χ0v) is 14.0. The zero-order chi connectivity index (χ0) is 18.8. The number of hydrogen-bond acceptors (Lipinski definition) is 10. The van der Waals surface area contributed by atoms with Crippen LogP contribution in [0.25, 0.3) is 11.2 Å². The first kappa shape index (κ1) is 18.6. The summed E-state index contributed by atoms with van der Waals surface area (Å²) in [5.74, 6) is 0.215. The largest absolute Gasteiger partial charge is 0.388 e. The van der Waals surface area contributed by atoms with Crippen LogP contribution in [0.4, 0.5) is 5.82 Å². The third-order valence-electron chi connectivity index (χ3n) is 4.58. The molecular formula is C15H23N7O4. The van der Waals surface area contributed by atoms with Crippen LogP contribution in [0.2, 0.25) is 0 Å². The van der Waals surface area contributed by atoms with Gasteiger partial charge >= 0.3 is 0 Å². The van der Waals surface area contributed by atoms with E-state index in [0.717, 1.165) is 0 Å². The summed E-state index contributed by atoms with van der Waals surface area (Å²) >= 11 is 0. The van der Waals surface area contributed by atoms with Gasteiger partial charge < -0.3 is 36.9 Å². The van der Waals surface area contributed by atoms with Crippen LogP contribution in [0.5, 0.6) is 0 Å². The SMILES string of the molecule is Nc1ncnc2c1ncn2C1OC(CC(N)CCC(N)C=O)C(O)C1O. The molecule has 6 atom stereocenters. The van der Waals surface area contributed by atoms with E-state index < -0.39 is 30.6 Å². The Labute approximate surface area is 149 Å². The van der Waals surface area contributed by atoms with Gasteiger partial charge in [0.05, 0.1) is 18.5 Å². The van der Waals surface area contributed by atoms with Crippen LogP contribution in [0.15, 0.2) is 12.7 Å². The van der Waals surface area contributed by atoms with E-state index in [1.807, 2.05) is 0 Å². The Balaban J connectivity index is 1.71. The van der Waals surface area contributed by atoms with Crippen molar-refractivity contribution in [1.29, 1.82) is 0 Å². The fourth-order valence-electron chi connectivity index (χ4n) is 3.10. The third kappa shape index (κ3) is 3.52. The quantitative estimate of drug-likeness (QED) is 0.345. The fourth-order valence-corrected chi connectivity index (χ4v) is 3.10. The molecule has 2 aromatic rings. The molecule has 11 heteroatoms. The van der Waals surface area contributed by atoms with Crippen molar-refractivity contribution < 1.29 is 19.7 Å². The average molecular weight is 365 g/mol. The van der Waals surface area contributed by atoms with Gasteiger partial charge in [-0.25, -0.2) is 15.0 Å². The summed E-state index contributed by atoms with van der Waals surface area (Å²) in [6.45, 7) is 0. The summed E-state index contributed by atoms with van der Waals surface area (Å²) in [5.41, 5.74) is 18.1. The van der Waals surface area contributed by atoms with Crippen molar-refractivity contribution in [3.8, 4) is 0 Å². The number of carbonyl (C=O) groups is 1. The Morgan fingerprint density at radius 3 is 2.73 bits per heavy atom. The van der Waals surface area contributed by atoms with Gasteiger partial charge in [-0.15, -0.1) is 0 Å². The second-order valence-electron chi connectivity index (χ2n) is 6.50. The van der Waals surface area contributed by atoms with Crippen molar-refractivity contribution >= 4 is 23.3 Å². The summed E-state index contributed by atoms with van der Waals surface area (Å²) in [6.07, 6.45) is 0.800. The number of aromatic nitrogens is 4. The van der Waals surface area contributed by atoms with Gasteiger partial charge in [0.1, 0.15) is 30.3 Å². The Bertz CT molecular complexity index is 770. The van der Waals surface area contributed by atoms with Gasteiger partial charge in [0.2, 0.25) is 0 Å². The molecule has 8 N–H and O–H groups in total. The monoisotopic (exact) mass is 365 g/mol. The van der Waals surface area contributed by atoms with Gasteiger partial charge in [0, 0.05) is 6.04 Å². The maximum absolute atomic E-state index is 10.6. The molecule has 6 unspecified atom stereocenters. The van der Waals surface area contributed by atoms with E-state index in [4.69, 9.17) is 21.9 Å². The molecule has 142 valence electrons. The molecule has 11 nitrogen and oxygen atoms in total. The van der Waals surface area contributed by atoms with E-state index in [-0.39, 0.29) is 11.9 Å².